The van der Waals surface area contributed by atoms with Gasteiger partial charge in [-0.05, 0) is 49.4 Å². The summed E-state index contributed by atoms with van der Waals surface area (Å²) >= 11 is 3.44. The van der Waals surface area contributed by atoms with Crippen LogP contribution in [0.2, 0.25) is 0 Å². The molecular formula is C28H21BrN4O8. The highest BCUT2D eigenvalue weighted by Crippen LogP contribution is 2.38. The Hall–Kier alpha value is -5.04. The van der Waals surface area contributed by atoms with E-state index in [4.69, 9.17) is 13.9 Å². The van der Waals surface area contributed by atoms with Crippen LogP contribution in [0, 0.1) is 10.1 Å². The molecule has 0 amide bonds. The monoisotopic (exact) mass is 620 g/mol. The quantitative estimate of drug-likeness (QED) is 0.0924. The summed E-state index contributed by atoms with van der Waals surface area (Å²) in [7, 11) is 1.17. The largest absolute Gasteiger partial charge is 0.490 e. The molecule has 0 saturated heterocycles. The third kappa shape index (κ3) is 5.65. The van der Waals surface area contributed by atoms with Gasteiger partial charge < -0.3 is 18.6 Å². The molecule has 0 bridgehead atoms. The van der Waals surface area contributed by atoms with Crippen molar-refractivity contribution in [2.24, 2.45) is 5.10 Å². The van der Waals surface area contributed by atoms with Gasteiger partial charge in [0.25, 0.3) is 5.56 Å². The van der Waals surface area contributed by atoms with Gasteiger partial charge in [0.05, 0.1) is 35.8 Å². The SMILES string of the molecule is CCOc1cc(C=Nn2c(-c3cc4cc(Br)ccc4o3)nc3ccccc3c2=O)cc([N+](=O)[O-])c1OCC(=O)OC. The Balaban J connectivity index is 1.65. The number of furan rings is 1. The van der Waals surface area contributed by atoms with E-state index in [9.17, 15) is 19.7 Å². The molecule has 0 spiro atoms. The normalized spacial score (nSPS) is 11.3. The second-order valence-electron chi connectivity index (χ2n) is 8.53. The van der Waals surface area contributed by atoms with E-state index in [0.29, 0.717) is 22.2 Å². The van der Waals surface area contributed by atoms with Crippen LogP contribution in [0.5, 0.6) is 11.5 Å². The van der Waals surface area contributed by atoms with E-state index >= 15 is 0 Å². The first kappa shape index (κ1) is 27.5. The first-order chi connectivity index (χ1) is 19.8. The number of carbonyl (C=O) groups is 1. The Morgan fingerprint density at radius 3 is 2.73 bits per heavy atom. The molecule has 5 rings (SSSR count). The Morgan fingerprint density at radius 1 is 1.17 bits per heavy atom. The van der Waals surface area contributed by atoms with Gasteiger partial charge in [0.2, 0.25) is 11.6 Å². The molecule has 0 unspecified atom stereocenters. The van der Waals surface area contributed by atoms with Crippen molar-refractivity contribution in [3.8, 4) is 23.1 Å². The van der Waals surface area contributed by atoms with E-state index in [0.717, 1.165) is 14.5 Å². The maximum Gasteiger partial charge on any atom is 0.343 e. The molecule has 0 fully saturated rings. The van der Waals surface area contributed by atoms with Crippen LogP contribution in [0.3, 0.4) is 0 Å². The average molecular weight is 621 g/mol. The summed E-state index contributed by atoms with van der Waals surface area (Å²) in [4.78, 5) is 41.0. The van der Waals surface area contributed by atoms with Gasteiger partial charge >= 0.3 is 11.7 Å². The van der Waals surface area contributed by atoms with Gasteiger partial charge in [-0.2, -0.15) is 9.78 Å². The lowest BCUT2D eigenvalue weighted by Crippen LogP contribution is -2.20. The number of fused-ring (bicyclic) bond motifs is 2. The standard InChI is InChI=1S/C28H21BrN4O8/c1-3-39-23-11-16(10-21(33(36)37)26(23)40-15-25(34)38-2)14-30-32-27(31-20-7-5-4-6-19(20)28(32)35)24-13-17-12-18(29)8-9-22(17)41-24/h4-14H,3,15H2,1-2H3. The number of aromatic nitrogens is 2. The number of halogens is 1. The second kappa shape index (κ2) is 11.6. The van der Waals surface area contributed by atoms with Gasteiger partial charge in [-0.25, -0.2) is 9.78 Å². The Morgan fingerprint density at radius 2 is 1.98 bits per heavy atom. The number of rotatable bonds is 9. The molecule has 0 aliphatic carbocycles. The summed E-state index contributed by atoms with van der Waals surface area (Å²) in [5, 5.41) is 17.4. The van der Waals surface area contributed by atoms with Crippen molar-refractivity contribution in [2.45, 2.75) is 6.92 Å². The number of nitro benzene ring substituents is 1. The van der Waals surface area contributed by atoms with E-state index in [1.54, 1.807) is 43.3 Å². The average Bonchev–Trinajstić information content (AvgIpc) is 3.38. The van der Waals surface area contributed by atoms with Crippen LogP contribution in [0.15, 0.2) is 79.4 Å². The number of para-hydroxylation sites is 1. The number of carbonyl (C=O) groups excluding carboxylic acids is 1. The molecule has 0 atom stereocenters. The minimum atomic E-state index is -0.721. The predicted molar refractivity (Wildman–Crippen MR) is 154 cm³/mol. The molecule has 12 nitrogen and oxygen atoms in total. The lowest BCUT2D eigenvalue weighted by atomic mass is 10.2. The van der Waals surface area contributed by atoms with Crippen LogP contribution < -0.4 is 15.0 Å². The zero-order chi connectivity index (χ0) is 29.1. The van der Waals surface area contributed by atoms with Gasteiger partial charge in [0, 0.05) is 21.5 Å². The number of benzene rings is 3. The molecule has 13 heteroatoms. The number of nitrogens with zero attached hydrogens (tertiary/aromatic N) is 4. The van der Waals surface area contributed by atoms with E-state index in [2.05, 4.69) is 30.8 Å². The summed E-state index contributed by atoms with van der Waals surface area (Å²) in [6.07, 6.45) is 1.26. The van der Waals surface area contributed by atoms with Crippen LogP contribution in [0.25, 0.3) is 33.5 Å². The number of nitro groups is 1. The van der Waals surface area contributed by atoms with Crippen LogP contribution in [-0.2, 0) is 9.53 Å². The summed E-state index contributed by atoms with van der Waals surface area (Å²) in [6, 6.07) is 16.7. The fourth-order valence-electron chi connectivity index (χ4n) is 4.06. The topological polar surface area (TPSA) is 148 Å². The minimum Gasteiger partial charge on any atom is -0.490 e. The van der Waals surface area contributed by atoms with Crippen molar-refractivity contribution in [3.63, 3.8) is 0 Å². The molecule has 2 aromatic heterocycles. The van der Waals surface area contributed by atoms with Gasteiger partial charge in [0.1, 0.15) is 5.58 Å². The van der Waals surface area contributed by atoms with Gasteiger partial charge in [-0.15, -0.1) is 0 Å². The molecule has 0 aliphatic rings. The highest BCUT2D eigenvalue weighted by Gasteiger charge is 2.24. The molecule has 41 heavy (non-hydrogen) atoms. The molecule has 5 aromatic rings. The van der Waals surface area contributed by atoms with Crippen molar-refractivity contribution in [1.82, 2.24) is 9.66 Å². The maximum absolute atomic E-state index is 13.6. The van der Waals surface area contributed by atoms with E-state index < -0.39 is 28.7 Å². The number of hydrogen-bond acceptors (Lipinski definition) is 10. The smallest absolute Gasteiger partial charge is 0.343 e. The number of ether oxygens (including phenoxy) is 3. The van der Waals surface area contributed by atoms with E-state index in [1.165, 1.54) is 25.5 Å². The van der Waals surface area contributed by atoms with Crippen molar-refractivity contribution in [1.29, 1.82) is 0 Å². The first-order valence-corrected chi connectivity index (χ1v) is 13.0. The summed E-state index contributed by atoms with van der Waals surface area (Å²) < 4.78 is 23.4. The van der Waals surface area contributed by atoms with Crippen LogP contribution in [0.4, 0.5) is 5.69 Å². The summed E-state index contributed by atoms with van der Waals surface area (Å²) in [5.41, 5.74) is 0.321. The van der Waals surface area contributed by atoms with Crippen LogP contribution in [0.1, 0.15) is 12.5 Å². The molecule has 0 N–H and O–H groups in total. The van der Waals surface area contributed by atoms with Gasteiger partial charge in [0.15, 0.2) is 18.1 Å². The van der Waals surface area contributed by atoms with E-state index in [1.807, 2.05) is 12.1 Å². The van der Waals surface area contributed by atoms with Crippen LogP contribution in [-0.4, -0.2) is 47.1 Å². The summed E-state index contributed by atoms with van der Waals surface area (Å²) in [5.74, 6) is -0.515. The molecular weight excluding hydrogens is 600 g/mol. The van der Waals surface area contributed by atoms with Crippen molar-refractivity contribution in [2.75, 3.05) is 20.3 Å². The van der Waals surface area contributed by atoms with Crippen molar-refractivity contribution >= 4 is 55.7 Å². The highest BCUT2D eigenvalue weighted by atomic mass is 79.9. The Kier molecular flexibility index (Phi) is 7.79. The Bertz CT molecular complexity index is 1900. The van der Waals surface area contributed by atoms with Crippen LogP contribution >= 0.6 is 15.9 Å². The molecule has 3 aromatic carbocycles. The molecule has 208 valence electrons. The minimum absolute atomic E-state index is 0.0131. The second-order valence-corrected chi connectivity index (χ2v) is 9.44. The zero-order valence-corrected chi connectivity index (χ0v) is 23.3. The van der Waals surface area contributed by atoms with Gasteiger partial charge in [-0.1, -0.05) is 28.1 Å². The molecule has 0 aliphatic heterocycles. The fraction of sp³-hybridized carbons (Fsp3) is 0.143. The fourth-order valence-corrected chi connectivity index (χ4v) is 4.43. The molecule has 0 radical (unpaired) electrons. The molecule has 2 heterocycles. The van der Waals surface area contributed by atoms with Crippen molar-refractivity contribution < 1.29 is 28.3 Å². The Labute approximate surface area is 240 Å². The predicted octanol–water partition coefficient (Wildman–Crippen LogP) is 5.31. The first-order valence-electron chi connectivity index (χ1n) is 12.2. The third-order valence-corrected chi connectivity index (χ3v) is 6.38. The van der Waals surface area contributed by atoms with Crippen molar-refractivity contribution in [3.05, 3.63) is 91.2 Å². The number of hydrogen-bond donors (Lipinski definition) is 0. The maximum atomic E-state index is 13.6. The third-order valence-electron chi connectivity index (χ3n) is 5.89. The lowest BCUT2D eigenvalue weighted by molar-refractivity contribution is -0.385. The molecule has 0 saturated carbocycles. The van der Waals surface area contributed by atoms with E-state index in [-0.39, 0.29) is 29.5 Å². The lowest BCUT2D eigenvalue weighted by Gasteiger charge is -2.12. The summed E-state index contributed by atoms with van der Waals surface area (Å²) in [6.45, 7) is 1.29. The zero-order valence-electron chi connectivity index (χ0n) is 21.7. The number of esters is 1. The number of methoxy groups -OCH3 is 1. The highest BCUT2D eigenvalue weighted by molar-refractivity contribution is 9.10. The van der Waals surface area contributed by atoms with Gasteiger partial charge in [-0.3, -0.25) is 14.9 Å².